The average Bonchev–Trinajstić information content (AvgIpc) is 3.22. The van der Waals surface area contributed by atoms with Gasteiger partial charge >= 0.3 is 0 Å². The van der Waals surface area contributed by atoms with E-state index in [1.54, 1.807) is 42.3 Å². The molecule has 1 aliphatic rings. The zero-order valence-electron chi connectivity index (χ0n) is 15.4. The predicted molar refractivity (Wildman–Crippen MR) is 99.5 cm³/mol. The van der Waals surface area contributed by atoms with E-state index < -0.39 is 9.84 Å². The summed E-state index contributed by atoms with van der Waals surface area (Å²) >= 11 is 0. The average molecular weight is 393 g/mol. The van der Waals surface area contributed by atoms with Crippen LogP contribution in [0.5, 0.6) is 11.5 Å². The molecule has 2 heterocycles. The molecule has 8 heteroatoms. The number of rotatable bonds is 7. The Balaban J connectivity index is 1.69. The van der Waals surface area contributed by atoms with Gasteiger partial charge in [-0.1, -0.05) is 0 Å². The van der Waals surface area contributed by atoms with Gasteiger partial charge in [0.15, 0.2) is 16.4 Å². The standard InChI is InChI=1S/C19H23NO6S/c1-14-3-4-18(26-14)11-20(15-9-10-27(22,23)13-15)19(21)12-25-17-7-5-16(24-2)6-8-17/h3-8,15H,9-13H2,1-2H3. The Morgan fingerprint density at radius 3 is 2.44 bits per heavy atom. The smallest absolute Gasteiger partial charge is 0.261 e. The van der Waals surface area contributed by atoms with Crippen LogP contribution >= 0.6 is 0 Å². The van der Waals surface area contributed by atoms with E-state index in [9.17, 15) is 13.2 Å². The SMILES string of the molecule is COc1ccc(OCC(=O)N(Cc2ccc(C)o2)C2CCS(=O)(=O)C2)cc1. The minimum atomic E-state index is -3.12. The lowest BCUT2D eigenvalue weighted by molar-refractivity contribution is -0.136. The molecule has 0 bridgehead atoms. The van der Waals surface area contributed by atoms with Gasteiger partial charge in [-0.25, -0.2) is 8.42 Å². The van der Waals surface area contributed by atoms with Crippen LogP contribution in [0.25, 0.3) is 0 Å². The summed E-state index contributed by atoms with van der Waals surface area (Å²) in [6.07, 6.45) is 0.427. The van der Waals surface area contributed by atoms with Crippen molar-refractivity contribution in [1.29, 1.82) is 0 Å². The van der Waals surface area contributed by atoms with Gasteiger partial charge < -0.3 is 18.8 Å². The van der Waals surface area contributed by atoms with Crippen molar-refractivity contribution in [2.75, 3.05) is 25.2 Å². The summed E-state index contributed by atoms with van der Waals surface area (Å²) in [7, 11) is -1.54. The Hall–Kier alpha value is -2.48. The van der Waals surface area contributed by atoms with Crippen molar-refractivity contribution in [1.82, 2.24) is 4.90 Å². The third-order valence-corrected chi connectivity index (χ3v) is 6.26. The number of carbonyl (C=O) groups is 1. The van der Waals surface area contributed by atoms with Crippen molar-refractivity contribution in [2.24, 2.45) is 0 Å². The van der Waals surface area contributed by atoms with Crippen molar-refractivity contribution in [3.8, 4) is 11.5 Å². The third kappa shape index (κ3) is 5.03. The molecule has 3 rings (SSSR count). The predicted octanol–water partition coefficient (Wildman–Crippen LogP) is 2.19. The van der Waals surface area contributed by atoms with Crippen LogP contribution in [-0.2, 0) is 21.2 Å². The van der Waals surface area contributed by atoms with Gasteiger partial charge in [0.1, 0.15) is 23.0 Å². The molecule has 0 spiro atoms. The van der Waals surface area contributed by atoms with E-state index in [1.807, 2.05) is 13.0 Å². The fraction of sp³-hybridized carbons (Fsp3) is 0.421. The van der Waals surface area contributed by atoms with Crippen molar-refractivity contribution in [3.05, 3.63) is 47.9 Å². The molecule has 0 radical (unpaired) electrons. The number of hydrogen-bond acceptors (Lipinski definition) is 6. The molecule has 1 fully saturated rings. The van der Waals surface area contributed by atoms with Gasteiger partial charge in [0.2, 0.25) is 0 Å². The van der Waals surface area contributed by atoms with Crippen LogP contribution in [0.2, 0.25) is 0 Å². The maximum absolute atomic E-state index is 12.8. The Bertz CT molecular complexity index is 887. The molecule has 1 aromatic heterocycles. The molecule has 0 N–H and O–H groups in total. The van der Waals surface area contributed by atoms with Crippen LogP contribution < -0.4 is 9.47 Å². The normalized spacial score (nSPS) is 18.2. The molecule has 0 saturated carbocycles. The number of carbonyl (C=O) groups excluding carboxylic acids is 1. The number of amides is 1. The van der Waals surface area contributed by atoms with Crippen LogP contribution in [-0.4, -0.2) is 50.5 Å². The minimum Gasteiger partial charge on any atom is -0.497 e. The molecule has 1 amide bonds. The summed E-state index contributed by atoms with van der Waals surface area (Å²) < 4.78 is 40.0. The molecule has 1 unspecified atom stereocenters. The number of sulfone groups is 1. The first-order chi connectivity index (χ1) is 12.9. The topological polar surface area (TPSA) is 86.1 Å². The number of furan rings is 1. The minimum absolute atomic E-state index is 0.0268. The Labute approximate surface area is 158 Å². The summed E-state index contributed by atoms with van der Waals surface area (Å²) in [5.41, 5.74) is 0. The van der Waals surface area contributed by atoms with Crippen LogP contribution in [0.1, 0.15) is 17.9 Å². The highest BCUT2D eigenvalue weighted by atomic mass is 32.2. The Kier molecular flexibility index (Phi) is 5.74. The second-order valence-electron chi connectivity index (χ2n) is 6.56. The first kappa shape index (κ1) is 19.3. The summed E-state index contributed by atoms with van der Waals surface area (Å²) in [5, 5.41) is 0. The number of hydrogen-bond donors (Lipinski definition) is 0. The molecular formula is C19H23NO6S. The van der Waals surface area contributed by atoms with Gasteiger partial charge in [-0.15, -0.1) is 0 Å². The van der Waals surface area contributed by atoms with Crippen LogP contribution in [0.15, 0.2) is 40.8 Å². The van der Waals surface area contributed by atoms with Crippen molar-refractivity contribution in [3.63, 3.8) is 0 Å². The quantitative estimate of drug-likeness (QED) is 0.717. The monoisotopic (exact) mass is 393 g/mol. The third-order valence-electron chi connectivity index (χ3n) is 4.51. The number of ether oxygens (including phenoxy) is 2. The lowest BCUT2D eigenvalue weighted by Crippen LogP contribution is -2.43. The maximum atomic E-state index is 12.8. The zero-order valence-corrected chi connectivity index (χ0v) is 16.2. The number of nitrogens with zero attached hydrogens (tertiary/aromatic N) is 1. The molecule has 1 aliphatic heterocycles. The first-order valence-corrected chi connectivity index (χ1v) is 10.5. The molecule has 1 aromatic carbocycles. The van der Waals surface area contributed by atoms with Gasteiger partial charge in [0, 0.05) is 6.04 Å². The van der Waals surface area contributed by atoms with Crippen molar-refractivity contribution >= 4 is 15.7 Å². The highest BCUT2D eigenvalue weighted by Crippen LogP contribution is 2.22. The molecule has 1 atom stereocenters. The van der Waals surface area contributed by atoms with E-state index in [0.717, 1.165) is 5.76 Å². The van der Waals surface area contributed by atoms with Gasteiger partial charge in [0.25, 0.3) is 5.91 Å². The summed E-state index contributed by atoms with van der Waals surface area (Å²) in [6.45, 7) is 1.86. The van der Waals surface area contributed by atoms with Gasteiger partial charge in [-0.2, -0.15) is 0 Å². The summed E-state index contributed by atoms with van der Waals surface area (Å²) in [6, 6.07) is 10.2. The zero-order chi connectivity index (χ0) is 19.4. The first-order valence-electron chi connectivity index (χ1n) is 8.68. The molecule has 7 nitrogen and oxygen atoms in total. The molecule has 2 aromatic rings. The van der Waals surface area contributed by atoms with E-state index in [-0.39, 0.29) is 36.6 Å². The molecule has 146 valence electrons. The van der Waals surface area contributed by atoms with Gasteiger partial charge in [-0.3, -0.25) is 4.79 Å². The Morgan fingerprint density at radius 2 is 1.89 bits per heavy atom. The van der Waals surface area contributed by atoms with Gasteiger partial charge in [0.05, 0.1) is 25.2 Å². The second kappa shape index (κ2) is 8.04. The molecule has 0 aliphatic carbocycles. The van der Waals surface area contributed by atoms with E-state index in [4.69, 9.17) is 13.9 Å². The molecule has 1 saturated heterocycles. The maximum Gasteiger partial charge on any atom is 0.261 e. The molecular weight excluding hydrogens is 370 g/mol. The fourth-order valence-corrected chi connectivity index (χ4v) is 4.81. The van der Waals surface area contributed by atoms with Crippen molar-refractivity contribution in [2.45, 2.75) is 25.9 Å². The largest absolute Gasteiger partial charge is 0.497 e. The second-order valence-corrected chi connectivity index (χ2v) is 8.78. The highest BCUT2D eigenvalue weighted by Gasteiger charge is 2.35. The van der Waals surface area contributed by atoms with Crippen LogP contribution in [0.3, 0.4) is 0 Å². The van der Waals surface area contributed by atoms with Crippen molar-refractivity contribution < 1.29 is 27.1 Å². The summed E-state index contributed by atoms with van der Waals surface area (Å²) in [5.74, 6) is 2.39. The highest BCUT2D eigenvalue weighted by molar-refractivity contribution is 7.91. The van der Waals surface area contributed by atoms with E-state index in [2.05, 4.69) is 0 Å². The summed E-state index contributed by atoms with van der Waals surface area (Å²) in [4.78, 5) is 14.3. The lowest BCUT2D eigenvalue weighted by Gasteiger charge is -2.27. The Morgan fingerprint density at radius 1 is 1.19 bits per heavy atom. The van der Waals surface area contributed by atoms with E-state index in [0.29, 0.717) is 23.7 Å². The van der Waals surface area contributed by atoms with Crippen LogP contribution in [0, 0.1) is 6.92 Å². The number of aryl methyl sites for hydroxylation is 1. The van der Waals surface area contributed by atoms with Gasteiger partial charge in [-0.05, 0) is 49.7 Å². The van der Waals surface area contributed by atoms with E-state index >= 15 is 0 Å². The molecule has 27 heavy (non-hydrogen) atoms. The van der Waals surface area contributed by atoms with E-state index in [1.165, 1.54) is 0 Å². The fourth-order valence-electron chi connectivity index (χ4n) is 3.08. The number of methoxy groups -OCH3 is 1. The lowest BCUT2D eigenvalue weighted by atomic mass is 10.2. The number of benzene rings is 1. The van der Waals surface area contributed by atoms with Crippen LogP contribution in [0.4, 0.5) is 0 Å².